The number of nitrogens with one attached hydrogen (secondary N) is 1. The second-order valence-electron chi connectivity index (χ2n) is 5.29. The minimum absolute atomic E-state index is 0.945. The van der Waals surface area contributed by atoms with Gasteiger partial charge in [-0.1, -0.05) is 35.4 Å². The van der Waals surface area contributed by atoms with Crippen LogP contribution in [0.15, 0.2) is 66.0 Å². The van der Waals surface area contributed by atoms with Crippen molar-refractivity contribution in [3.63, 3.8) is 0 Å². The fraction of sp³-hybridized carbons (Fsp3) is 0.111. The van der Waals surface area contributed by atoms with E-state index in [9.17, 15) is 0 Å². The van der Waals surface area contributed by atoms with Crippen LogP contribution in [0.1, 0.15) is 16.7 Å². The monoisotopic (exact) mass is 290 g/mol. The molecule has 0 spiro atoms. The second kappa shape index (κ2) is 6.26. The molecule has 0 atom stereocenters. The van der Waals surface area contributed by atoms with Crippen LogP contribution in [-0.2, 0) is 0 Å². The number of rotatable bonds is 4. The number of benzene rings is 2. The number of hydrogen-bond acceptors (Lipinski definition) is 3. The first-order valence-corrected chi connectivity index (χ1v) is 7.18. The smallest absolute Gasteiger partial charge is 0.0646 e. The Bertz CT molecular complexity index is 768. The fourth-order valence-electron chi connectivity index (χ4n) is 2.05. The summed E-state index contributed by atoms with van der Waals surface area (Å²) in [6.45, 7) is 4.13. The molecule has 3 rings (SSSR count). The van der Waals surface area contributed by atoms with Crippen molar-refractivity contribution in [2.45, 2.75) is 13.8 Å². The van der Waals surface area contributed by atoms with Gasteiger partial charge in [0.15, 0.2) is 0 Å². The van der Waals surface area contributed by atoms with E-state index in [4.69, 9.17) is 0 Å². The maximum atomic E-state index is 4.35. The van der Waals surface area contributed by atoms with E-state index >= 15 is 0 Å². The van der Waals surface area contributed by atoms with Crippen molar-refractivity contribution in [2.24, 2.45) is 5.10 Å². The highest BCUT2D eigenvalue weighted by atomic mass is 15.3. The first kappa shape index (κ1) is 14.1. The van der Waals surface area contributed by atoms with Crippen molar-refractivity contribution in [2.75, 3.05) is 5.43 Å². The molecular weight excluding hydrogens is 272 g/mol. The lowest BCUT2D eigenvalue weighted by atomic mass is 10.2. The van der Waals surface area contributed by atoms with Gasteiger partial charge in [-0.05, 0) is 38.1 Å². The predicted molar refractivity (Wildman–Crippen MR) is 90.7 cm³/mol. The Hall–Kier alpha value is -2.88. The zero-order chi connectivity index (χ0) is 15.4. The Balaban J connectivity index is 1.67. The average molecular weight is 290 g/mol. The maximum Gasteiger partial charge on any atom is 0.0646 e. The Morgan fingerprint density at radius 1 is 0.955 bits per heavy atom. The SMILES string of the molecule is Cc1ccc(N/N=C/c2cnn(-c3ccc(C)cc3)c2)cc1. The Kier molecular flexibility index (Phi) is 4.01. The molecule has 0 radical (unpaired) electrons. The molecule has 1 heterocycles. The molecule has 22 heavy (non-hydrogen) atoms. The van der Waals surface area contributed by atoms with Crippen molar-refractivity contribution in [1.29, 1.82) is 0 Å². The van der Waals surface area contributed by atoms with Crippen molar-refractivity contribution < 1.29 is 0 Å². The van der Waals surface area contributed by atoms with Gasteiger partial charge in [0.1, 0.15) is 0 Å². The molecule has 0 amide bonds. The Morgan fingerprint density at radius 3 is 2.27 bits per heavy atom. The summed E-state index contributed by atoms with van der Waals surface area (Å²) in [5.74, 6) is 0. The molecule has 1 aromatic heterocycles. The lowest BCUT2D eigenvalue weighted by Gasteiger charge is -2.00. The van der Waals surface area contributed by atoms with E-state index in [1.165, 1.54) is 11.1 Å². The van der Waals surface area contributed by atoms with Gasteiger partial charge >= 0.3 is 0 Å². The van der Waals surface area contributed by atoms with Gasteiger partial charge in [-0.2, -0.15) is 10.2 Å². The van der Waals surface area contributed by atoms with Crippen molar-refractivity contribution in [3.05, 3.63) is 77.6 Å². The third-order valence-electron chi connectivity index (χ3n) is 3.36. The molecule has 0 fully saturated rings. The van der Waals surface area contributed by atoms with Gasteiger partial charge in [-0.25, -0.2) is 4.68 Å². The van der Waals surface area contributed by atoms with Crippen LogP contribution < -0.4 is 5.43 Å². The van der Waals surface area contributed by atoms with Crippen LogP contribution in [0.2, 0.25) is 0 Å². The van der Waals surface area contributed by atoms with Crippen LogP contribution in [0.4, 0.5) is 5.69 Å². The van der Waals surface area contributed by atoms with E-state index in [1.54, 1.807) is 12.4 Å². The molecule has 0 saturated heterocycles. The number of nitrogens with zero attached hydrogens (tertiary/aromatic N) is 3. The van der Waals surface area contributed by atoms with E-state index in [2.05, 4.69) is 41.6 Å². The van der Waals surface area contributed by atoms with E-state index < -0.39 is 0 Å². The number of aromatic nitrogens is 2. The lowest BCUT2D eigenvalue weighted by Crippen LogP contribution is -1.93. The number of hydrogen-bond donors (Lipinski definition) is 1. The molecule has 0 aliphatic carbocycles. The van der Waals surface area contributed by atoms with Crippen LogP contribution in [0.3, 0.4) is 0 Å². The summed E-state index contributed by atoms with van der Waals surface area (Å²) in [7, 11) is 0. The highest BCUT2D eigenvalue weighted by Crippen LogP contribution is 2.10. The molecule has 4 nitrogen and oxygen atoms in total. The van der Waals surface area contributed by atoms with E-state index in [0.29, 0.717) is 0 Å². The summed E-state index contributed by atoms with van der Waals surface area (Å²) in [6.07, 6.45) is 5.50. The molecule has 0 unspecified atom stereocenters. The normalized spacial score (nSPS) is 11.0. The molecule has 4 heteroatoms. The predicted octanol–water partition coefficient (Wildman–Crippen LogP) is 3.94. The Morgan fingerprint density at radius 2 is 1.59 bits per heavy atom. The molecule has 0 saturated carbocycles. The number of anilines is 1. The topological polar surface area (TPSA) is 42.2 Å². The van der Waals surface area contributed by atoms with E-state index in [0.717, 1.165) is 16.9 Å². The van der Waals surface area contributed by atoms with Crippen LogP contribution in [0.5, 0.6) is 0 Å². The first-order chi connectivity index (χ1) is 10.7. The third kappa shape index (κ3) is 3.41. The van der Waals surface area contributed by atoms with Gasteiger partial charge in [0.25, 0.3) is 0 Å². The standard InChI is InChI=1S/C18H18N4/c1-14-3-7-17(8-4-14)21-19-11-16-12-20-22(13-16)18-9-5-15(2)6-10-18/h3-13,21H,1-2H3/b19-11+. The zero-order valence-corrected chi connectivity index (χ0v) is 12.7. The summed E-state index contributed by atoms with van der Waals surface area (Å²) in [5, 5.41) is 8.59. The minimum Gasteiger partial charge on any atom is -0.279 e. The maximum absolute atomic E-state index is 4.35. The van der Waals surface area contributed by atoms with Crippen LogP contribution in [-0.4, -0.2) is 16.0 Å². The molecule has 0 aliphatic heterocycles. The lowest BCUT2D eigenvalue weighted by molar-refractivity contribution is 0.880. The van der Waals surface area contributed by atoms with Crippen LogP contribution in [0, 0.1) is 13.8 Å². The van der Waals surface area contributed by atoms with Gasteiger partial charge in [-0.15, -0.1) is 0 Å². The summed E-state index contributed by atoms with van der Waals surface area (Å²) < 4.78 is 1.84. The highest BCUT2D eigenvalue weighted by molar-refractivity contribution is 5.79. The minimum atomic E-state index is 0.945. The van der Waals surface area contributed by atoms with Gasteiger partial charge in [0.05, 0.1) is 23.8 Å². The molecule has 110 valence electrons. The molecule has 1 N–H and O–H groups in total. The van der Waals surface area contributed by atoms with Gasteiger partial charge in [-0.3, -0.25) is 5.43 Å². The molecule has 2 aromatic carbocycles. The zero-order valence-electron chi connectivity index (χ0n) is 12.7. The quantitative estimate of drug-likeness (QED) is 0.584. The summed E-state index contributed by atoms with van der Waals surface area (Å²) >= 11 is 0. The molecule has 0 aliphatic rings. The van der Waals surface area contributed by atoms with Crippen molar-refractivity contribution in [1.82, 2.24) is 9.78 Å². The van der Waals surface area contributed by atoms with Gasteiger partial charge in [0, 0.05) is 11.8 Å². The summed E-state index contributed by atoms with van der Waals surface area (Å²) in [5.41, 5.74) is 8.42. The summed E-state index contributed by atoms with van der Waals surface area (Å²) in [6, 6.07) is 16.3. The number of hydrazone groups is 1. The highest BCUT2D eigenvalue weighted by Gasteiger charge is 1.99. The van der Waals surface area contributed by atoms with Crippen LogP contribution in [0.25, 0.3) is 5.69 Å². The van der Waals surface area contributed by atoms with Crippen molar-refractivity contribution >= 4 is 11.9 Å². The van der Waals surface area contributed by atoms with E-state index in [1.807, 2.05) is 47.3 Å². The van der Waals surface area contributed by atoms with Crippen LogP contribution >= 0.6 is 0 Å². The second-order valence-corrected chi connectivity index (χ2v) is 5.29. The van der Waals surface area contributed by atoms with Gasteiger partial charge < -0.3 is 0 Å². The van der Waals surface area contributed by atoms with Gasteiger partial charge in [0.2, 0.25) is 0 Å². The first-order valence-electron chi connectivity index (χ1n) is 7.18. The number of aryl methyl sites for hydroxylation is 2. The van der Waals surface area contributed by atoms with Crippen molar-refractivity contribution in [3.8, 4) is 5.69 Å². The average Bonchev–Trinajstić information content (AvgIpc) is 2.99. The molecule has 3 aromatic rings. The summed E-state index contributed by atoms with van der Waals surface area (Å²) in [4.78, 5) is 0. The largest absolute Gasteiger partial charge is 0.279 e. The fourth-order valence-corrected chi connectivity index (χ4v) is 2.05. The molecular formula is C18H18N4. The Labute approximate surface area is 130 Å². The molecule has 0 bridgehead atoms. The third-order valence-corrected chi connectivity index (χ3v) is 3.36. The van der Waals surface area contributed by atoms with E-state index in [-0.39, 0.29) is 0 Å².